The SMILES string of the molecule is O=C(S)c1ccccc1.O=CS. The molecule has 1 aromatic rings. The molecular formula is C8H8O2S2. The first-order valence-electron chi connectivity index (χ1n) is 3.08. The molecule has 12 heavy (non-hydrogen) atoms. The Bertz CT molecular complexity index is 246. The first-order valence-corrected chi connectivity index (χ1v) is 4.05. The summed E-state index contributed by atoms with van der Waals surface area (Å²) in [7, 11) is 0. The summed E-state index contributed by atoms with van der Waals surface area (Å²) >= 11 is 6.76. The fourth-order valence-corrected chi connectivity index (χ4v) is 0.730. The van der Waals surface area contributed by atoms with E-state index >= 15 is 0 Å². The van der Waals surface area contributed by atoms with Crippen molar-refractivity contribution < 1.29 is 9.59 Å². The fourth-order valence-electron chi connectivity index (χ4n) is 0.581. The third-order valence-corrected chi connectivity index (χ3v) is 1.28. The van der Waals surface area contributed by atoms with Gasteiger partial charge in [-0.2, -0.15) is 0 Å². The summed E-state index contributed by atoms with van der Waals surface area (Å²) in [5.74, 6) is 0. The second-order valence-electron chi connectivity index (χ2n) is 1.78. The predicted molar refractivity (Wildman–Crippen MR) is 55.5 cm³/mol. The molecule has 2 nitrogen and oxygen atoms in total. The van der Waals surface area contributed by atoms with Gasteiger partial charge < -0.3 is 0 Å². The van der Waals surface area contributed by atoms with Crippen LogP contribution in [0.4, 0.5) is 0 Å². The van der Waals surface area contributed by atoms with Gasteiger partial charge in [0.15, 0.2) is 5.62 Å². The largest absolute Gasteiger partial charge is 0.291 e. The van der Waals surface area contributed by atoms with Crippen LogP contribution in [0.2, 0.25) is 0 Å². The van der Waals surface area contributed by atoms with Crippen molar-refractivity contribution in [2.45, 2.75) is 0 Å². The van der Waals surface area contributed by atoms with Gasteiger partial charge in [0.05, 0.1) is 0 Å². The van der Waals surface area contributed by atoms with Crippen molar-refractivity contribution in [2.75, 3.05) is 0 Å². The highest BCUT2D eigenvalue weighted by molar-refractivity contribution is 7.97. The van der Waals surface area contributed by atoms with Crippen molar-refractivity contribution >= 4 is 36.0 Å². The predicted octanol–water partition coefficient (Wildman–Crippen LogP) is 1.86. The Morgan fingerprint density at radius 1 is 1.25 bits per heavy atom. The smallest absolute Gasteiger partial charge is 0.216 e. The van der Waals surface area contributed by atoms with Crippen LogP contribution in [0.5, 0.6) is 0 Å². The molecule has 0 amide bonds. The Kier molecular flexibility index (Phi) is 6.51. The van der Waals surface area contributed by atoms with Crippen molar-refractivity contribution in [1.29, 1.82) is 0 Å². The zero-order valence-corrected chi connectivity index (χ0v) is 7.96. The van der Waals surface area contributed by atoms with Gasteiger partial charge >= 0.3 is 0 Å². The lowest BCUT2D eigenvalue weighted by Crippen LogP contribution is -1.84. The summed E-state index contributed by atoms with van der Waals surface area (Å²) < 4.78 is 0. The molecule has 64 valence electrons. The van der Waals surface area contributed by atoms with Crippen LogP contribution in [0.25, 0.3) is 0 Å². The first kappa shape index (κ1) is 11.3. The van der Waals surface area contributed by atoms with E-state index < -0.39 is 0 Å². The van der Waals surface area contributed by atoms with Crippen molar-refractivity contribution in [3.05, 3.63) is 35.9 Å². The van der Waals surface area contributed by atoms with E-state index in [1.165, 1.54) is 0 Å². The molecule has 0 heterocycles. The molecule has 1 rings (SSSR count). The number of hydrogen-bond acceptors (Lipinski definition) is 2. The second-order valence-corrected chi connectivity index (χ2v) is 2.39. The van der Waals surface area contributed by atoms with E-state index in [4.69, 9.17) is 4.79 Å². The Labute approximate surface area is 81.8 Å². The van der Waals surface area contributed by atoms with Gasteiger partial charge in [-0.1, -0.05) is 30.3 Å². The lowest BCUT2D eigenvalue weighted by Gasteiger charge is -1.88. The quantitative estimate of drug-likeness (QED) is 0.536. The Balaban J connectivity index is 0.000000354. The van der Waals surface area contributed by atoms with Crippen LogP contribution < -0.4 is 0 Å². The molecule has 0 atom stereocenters. The van der Waals surface area contributed by atoms with Gasteiger partial charge in [0.1, 0.15) is 0 Å². The highest BCUT2D eigenvalue weighted by Crippen LogP contribution is 2.00. The maximum absolute atomic E-state index is 10.5. The molecule has 0 unspecified atom stereocenters. The Morgan fingerprint density at radius 2 is 1.67 bits per heavy atom. The fraction of sp³-hybridized carbons (Fsp3) is 0. The number of thiol groups is 2. The third kappa shape index (κ3) is 4.98. The van der Waals surface area contributed by atoms with Gasteiger partial charge in [-0.3, -0.25) is 9.59 Å². The molecule has 0 bridgehead atoms. The summed E-state index contributed by atoms with van der Waals surface area (Å²) in [5.41, 5.74) is 1.08. The van der Waals surface area contributed by atoms with Crippen LogP contribution in [0.1, 0.15) is 10.4 Å². The molecule has 0 aliphatic carbocycles. The highest BCUT2D eigenvalue weighted by atomic mass is 32.1. The molecule has 0 fully saturated rings. The summed E-state index contributed by atoms with van der Waals surface area (Å²) in [4.78, 5) is 19.2. The number of benzene rings is 1. The summed E-state index contributed by atoms with van der Waals surface area (Å²) in [6, 6.07) is 8.94. The summed E-state index contributed by atoms with van der Waals surface area (Å²) in [6.45, 7) is 0. The maximum Gasteiger partial charge on any atom is 0.216 e. The monoisotopic (exact) mass is 200 g/mol. The van der Waals surface area contributed by atoms with E-state index in [1.54, 1.807) is 12.1 Å². The van der Waals surface area contributed by atoms with Gasteiger partial charge in [-0.05, 0) is 0 Å². The minimum Gasteiger partial charge on any atom is -0.291 e. The number of carbonyl (C=O) groups is 2. The van der Waals surface area contributed by atoms with E-state index in [9.17, 15) is 4.79 Å². The molecule has 0 N–H and O–H groups in total. The van der Waals surface area contributed by atoms with E-state index in [1.807, 2.05) is 18.2 Å². The van der Waals surface area contributed by atoms with Crippen molar-refractivity contribution in [3.63, 3.8) is 0 Å². The lowest BCUT2D eigenvalue weighted by atomic mass is 10.2. The van der Waals surface area contributed by atoms with Gasteiger partial charge in [-0.25, -0.2) is 0 Å². The molecule has 4 heteroatoms. The molecule has 0 spiro atoms. The molecular weight excluding hydrogens is 192 g/mol. The number of carbonyl (C=O) groups excluding carboxylic acids is 2. The average Bonchev–Trinajstić information content (AvgIpc) is 2.07. The first-order chi connectivity index (χ1) is 5.72. The topological polar surface area (TPSA) is 34.1 Å². The molecule has 0 saturated heterocycles. The second kappa shape index (κ2) is 6.94. The van der Waals surface area contributed by atoms with Gasteiger partial charge in [0, 0.05) is 5.56 Å². The van der Waals surface area contributed by atoms with E-state index in [0.717, 1.165) is 0 Å². The Morgan fingerprint density at radius 3 is 1.92 bits per heavy atom. The molecule has 1 aromatic carbocycles. The maximum atomic E-state index is 10.5. The van der Waals surface area contributed by atoms with Crippen LogP contribution in [0.3, 0.4) is 0 Å². The van der Waals surface area contributed by atoms with Crippen LogP contribution in [-0.4, -0.2) is 10.7 Å². The van der Waals surface area contributed by atoms with Crippen molar-refractivity contribution in [1.82, 2.24) is 0 Å². The van der Waals surface area contributed by atoms with Crippen LogP contribution in [-0.2, 0) is 4.79 Å². The van der Waals surface area contributed by atoms with Gasteiger partial charge in [-0.15, -0.1) is 25.3 Å². The number of hydrogen-bond donors (Lipinski definition) is 2. The van der Waals surface area contributed by atoms with Crippen LogP contribution in [0, 0.1) is 0 Å². The van der Waals surface area contributed by atoms with Gasteiger partial charge in [0.25, 0.3) is 0 Å². The van der Waals surface area contributed by atoms with Crippen LogP contribution in [0.15, 0.2) is 30.3 Å². The van der Waals surface area contributed by atoms with Crippen molar-refractivity contribution in [2.24, 2.45) is 0 Å². The van der Waals surface area contributed by atoms with Crippen LogP contribution >= 0.6 is 25.3 Å². The van der Waals surface area contributed by atoms with E-state index in [2.05, 4.69) is 25.3 Å². The van der Waals surface area contributed by atoms with Crippen molar-refractivity contribution in [3.8, 4) is 0 Å². The molecule has 0 aliphatic rings. The number of rotatable bonds is 1. The minimum absolute atomic E-state index is 0.185. The lowest BCUT2D eigenvalue weighted by molar-refractivity contribution is 0.109. The molecule has 0 saturated carbocycles. The van der Waals surface area contributed by atoms with E-state index in [0.29, 0.717) is 11.2 Å². The molecule has 0 radical (unpaired) electrons. The standard InChI is InChI=1S/C7H6OS.CH2OS/c8-7(9)6-4-2-1-3-5-6;2-1-3/h1-5H,(H,8,9);1H,(H,2,3). The highest BCUT2D eigenvalue weighted by Gasteiger charge is 1.94. The van der Waals surface area contributed by atoms with Gasteiger partial charge in [0.2, 0.25) is 5.12 Å². The summed E-state index contributed by atoms with van der Waals surface area (Å²) in [5, 5.41) is -0.185. The Hall–Kier alpha value is -0.740. The zero-order valence-electron chi connectivity index (χ0n) is 6.18. The minimum atomic E-state index is -0.185. The third-order valence-electron chi connectivity index (χ3n) is 1.02. The normalized spacial score (nSPS) is 7.83. The molecule has 0 aliphatic heterocycles. The average molecular weight is 200 g/mol. The molecule has 0 aromatic heterocycles. The van der Waals surface area contributed by atoms with E-state index in [-0.39, 0.29) is 5.12 Å². The summed E-state index contributed by atoms with van der Waals surface area (Å²) in [6.07, 6.45) is 0. The zero-order chi connectivity index (χ0) is 9.40.